The number of benzene rings is 1. The minimum atomic E-state index is -0.646. The number of thiazole rings is 1. The number of rotatable bonds is 6. The predicted molar refractivity (Wildman–Crippen MR) is 126 cm³/mol. The Balaban J connectivity index is 1.94. The second-order valence-corrected chi connectivity index (χ2v) is 8.59. The van der Waals surface area contributed by atoms with Gasteiger partial charge in [-0.15, -0.1) is 0 Å². The molecule has 0 N–H and O–H groups in total. The van der Waals surface area contributed by atoms with Crippen LogP contribution in [-0.4, -0.2) is 34.0 Å². The number of allylic oxidation sites excluding steroid dienone is 1. The summed E-state index contributed by atoms with van der Waals surface area (Å²) in [6, 6.07) is 6.69. The van der Waals surface area contributed by atoms with Crippen LogP contribution in [0.4, 0.5) is 0 Å². The van der Waals surface area contributed by atoms with E-state index in [2.05, 4.69) is 10.1 Å². The molecule has 3 aromatic rings. The van der Waals surface area contributed by atoms with E-state index in [-0.39, 0.29) is 12.2 Å². The van der Waals surface area contributed by atoms with E-state index in [1.54, 1.807) is 31.7 Å². The summed E-state index contributed by atoms with van der Waals surface area (Å²) in [4.78, 5) is 31.7. The molecule has 0 aliphatic carbocycles. The van der Waals surface area contributed by atoms with Gasteiger partial charge in [0.1, 0.15) is 5.75 Å². The standard InChI is InChI=1S/C24H26N4O4S/c1-6-27-15(4)17(13-25-27)12-19-22(29)28-21(16-8-10-18(31-5)11-9-16)20(23(30)32-7-2)14(3)26-24(28)33-19/h8-13,21H,6-7H2,1-5H3/b19-12+. The third-order valence-corrected chi connectivity index (χ3v) is 6.66. The summed E-state index contributed by atoms with van der Waals surface area (Å²) in [5.74, 6) is 0.210. The molecular weight excluding hydrogens is 440 g/mol. The predicted octanol–water partition coefficient (Wildman–Crippen LogP) is 2.33. The summed E-state index contributed by atoms with van der Waals surface area (Å²) in [5, 5.41) is 4.37. The lowest BCUT2D eigenvalue weighted by molar-refractivity contribution is -0.139. The Morgan fingerprint density at radius 2 is 1.94 bits per heavy atom. The monoisotopic (exact) mass is 466 g/mol. The third kappa shape index (κ3) is 4.04. The maximum absolute atomic E-state index is 13.6. The van der Waals surface area contributed by atoms with Crippen molar-refractivity contribution in [2.45, 2.75) is 40.3 Å². The molecule has 0 saturated heterocycles. The van der Waals surface area contributed by atoms with Gasteiger partial charge in [0.2, 0.25) is 0 Å². The van der Waals surface area contributed by atoms with Crippen molar-refractivity contribution in [1.82, 2.24) is 14.3 Å². The van der Waals surface area contributed by atoms with E-state index in [9.17, 15) is 9.59 Å². The second kappa shape index (κ2) is 9.19. The molecule has 0 bridgehead atoms. The number of carbonyl (C=O) groups excluding carboxylic acids is 1. The average Bonchev–Trinajstić information content (AvgIpc) is 3.32. The van der Waals surface area contributed by atoms with Crippen molar-refractivity contribution in [3.05, 3.63) is 78.2 Å². The van der Waals surface area contributed by atoms with Gasteiger partial charge in [0, 0.05) is 17.8 Å². The van der Waals surface area contributed by atoms with Crippen LogP contribution in [0.25, 0.3) is 6.08 Å². The molecule has 4 rings (SSSR count). The van der Waals surface area contributed by atoms with Gasteiger partial charge in [0.25, 0.3) is 5.56 Å². The number of aryl methyl sites for hydroxylation is 1. The van der Waals surface area contributed by atoms with Crippen molar-refractivity contribution in [1.29, 1.82) is 0 Å². The van der Waals surface area contributed by atoms with Crippen molar-refractivity contribution in [2.75, 3.05) is 13.7 Å². The number of fused-ring (bicyclic) bond motifs is 1. The number of methoxy groups -OCH3 is 1. The Morgan fingerprint density at radius 3 is 2.55 bits per heavy atom. The molecule has 0 spiro atoms. The normalized spacial score (nSPS) is 15.9. The highest BCUT2D eigenvalue weighted by atomic mass is 32.1. The first-order chi connectivity index (χ1) is 15.9. The summed E-state index contributed by atoms with van der Waals surface area (Å²) in [7, 11) is 1.59. The number of aromatic nitrogens is 3. The van der Waals surface area contributed by atoms with Gasteiger partial charge in [-0.25, -0.2) is 9.79 Å². The van der Waals surface area contributed by atoms with Crippen molar-refractivity contribution < 1.29 is 14.3 Å². The minimum Gasteiger partial charge on any atom is -0.497 e. The number of nitrogens with zero attached hydrogens (tertiary/aromatic N) is 4. The Kier molecular flexibility index (Phi) is 6.33. The maximum Gasteiger partial charge on any atom is 0.338 e. The lowest BCUT2D eigenvalue weighted by Crippen LogP contribution is -2.39. The molecule has 33 heavy (non-hydrogen) atoms. The van der Waals surface area contributed by atoms with Gasteiger partial charge in [-0.2, -0.15) is 5.10 Å². The summed E-state index contributed by atoms with van der Waals surface area (Å²) in [6.07, 6.45) is 3.60. The van der Waals surface area contributed by atoms with Gasteiger partial charge < -0.3 is 9.47 Å². The zero-order chi connectivity index (χ0) is 23.7. The quantitative estimate of drug-likeness (QED) is 0.521. The van der Waals surface area contributed by atoms with E-state index in [4.69, 9.17) is 9.47 Å². The molecule has 1 aliphatic rings. The molecule has 0 fully saturated rings. The number of esters is 1. The lowest BCUT2D eigenvalue weighted by Gasteiger charge is -2.24. The van der Waals surface area contributed by atoms with Crippen LogP contribution < -0.4 is 19.6 Å². The van der Waals surface area contributed by atoms with Gasteiger partial charge in [-0.05, 0) is 51.5 Å². The number of hydrogen-bond donors (Lipinski definition) is 0. The Hall–Kier alpha value is -3.46. The molecule has 0 saturated carbocycles. The highest BCUT2D eigenvalue weighted by Gasteiger charge is 2.33. The summed E-state index contributed by atoms with van der Waals surface area (Å²) >= 11 is 1.30. The zero-order valence-electron chi connectivity index (χ0n) is 19.3. The summed E-state index contributed by atoms with van der Waals surface area (Å²) < 4.78 is 14.6. The van der Waals surface area contributed by atoms with Crippen LogP contribution in [0.15, 0.2) is 51.5 Å². The largest absolute Gasteiger partial charge is 0.497 e. The second-order valence-electron chi connectivity index (χ2n) is 7.58. The maximum atomic E-state index is 13.6. The Labute approximate surface area is 195 Å². The Bertz CT molecular complexity index is 1410. The smallest absolute Gasteiger partial charge is 0.338 e. The molecule has 8 nitrogen and oxygen atoms in total. The third-order valence-electron chi connectivity index (χ3n) is 5.68. The molecule has 9 heteroatoms. The first-order valence-electron chi connectivity index (χ1n) is 10.8. The molecule has 1 unspecified atom stereocenters. The van der Waals surface area contributed by atoms with Crippen LogP contribution in [0.5, 0.6) is 5.75 Å². The average molecular weight is 467 g/mol. The molecule has 0 radical (unpaired) electrons. The SMILES string of the molecule is CCOC(=O)C1=C(C)N=c2s/c(=C/c3cnn(CC)c3C)c(=O)n2C1c1ccc(OC)cc1. The van der Waals surface area contributed by atoms with Gasteiger partial charge in [0.05, 0.1) is 41.8 Å². The van der Waals surface area contributed by atoms with Gasteiger partial charge in [0.15, 0.2) is 4.80 Å². The van der Waals surface area contributed by atoms with Crippen LogP contribution >= 0.6 is 11.3 Å². The van der Waals surface area contributed by atoms with Crippen LogP contribution in [-0.2, 0) is 16.1 Å². The van der Waals surface area contributed by atoms with E-state index in [1.807, 2.05) is 48.9 Å². The summed E-state index contributed by atoms with van der Waals surface area (Å²) in [5.41, 5.74) is 3.32. The molecule has 3 heterocycles. The topological polar surface area (TPSA) is 87.7 Å². The number of ether oxygens (including phenoxy) is 2. The zero-order valence-corrected chi connectivity index (χ0v) is 20.1. The fourth-order valence-electron chi connectivity index (χ4n) is 3.96. The molecule has 1 atom stereocenters. The molecular formula is C24H26N4O4S. The van der Waals surface area contributed by atoms with E-state index in [0.717, 1.165) is 23.4 Å². The first kappa shape index (κ1) is 22.7. The fourth-order valence-corrected chi connectivity index (χ4v) is 4.99. The number of carbonyl (C=O) groups is 1. The first-order valence-corrected chi connectivity index (χ1v) is 11.6. The van der Waals surface area contributed by atoms with Gasteiger partial charge >= 0.3 is 5.97 Å². The van der Waals surface area contributed by atoms with Crippen molar-refractivity contribution in [3.8, 4) is 5.75 Å². The van der Waals surface area contributed by atoms with E-state index in [0.29, 0.717) is 26.4 Å². The highest BCUT2D eigenvalue weighted by molar-refractivity contribution is 7.07. The molecule has 2 aromatic heterocycles. The fraction of sp³-hybridized carbons (Fsp3) is 0.333. The van der Waals surface area contributed by atoms with Crippen LogP contribution in [0, 0.1) is 6.92 Å². The lowest BCUT2D eigenvalue weighted by atomic mass is 9.96. The molecule has 1 aromatic carbocycles. The van der Waals surface area contributed by atoms with Crippen molar-refractivity contribution in [2.24, 2.45) is 4.99 Å². The Morgan fingerprint density at radius 1 is 1.21 bits per heavy atom. The van der Waals surface area contributed by atoms with E-state index < -0.39 is 12.0 Å². The van der Waals surface area contributed by atoms with Crippen molar-refractivity contribution >= 4 is 23.4 Å². The highest BCUT2D eigenvalue weighted by Crippen LogP contribution is 2.31. The van der Waals surface area contributed by atoms with Crippen LogP contribution in [0.1, 0.15) is 43.6 Å². The van der Waals surface area contributed by atoms with E-state index >= 15 is 0 Å². The van der Waals surface area contributed by atoms with Crippen LogP contribution in [0.2, 0.25) is 0 Å². The molecule has 0 amide bonds. The van der Waals surface area contributed by atoms with Crippen LogP contribution in [0.3, 0.4) is 0 Å². The number of hydrogen-bond acceptors (Lipinski definition) is 7. The van der Waals surface area contributed by atoms with Crippen molar-refractivity contribution in [3.63, 3.8) is 0 Å². The van der Waals surface area contributed by atoms with Gasteiger partial charge in [-0.3, -0.25) is 14.0 Å². The van der Waals surface area contributed by atoms with E-state index in [1.165, 1.54) is 11.3 Å². The summed E-state index contributed by atoms with van der Waals surface area (Å²) in [6.45, 7) is 8.50. The minimum absolute atomic E-state index is 0.211. The molecule has 1 aliphatic heterocycles. The van der Waals surface area contributed by atoms with Gasteiger partial charge in [-0.1, -0.05) is 23.5 Å². The molecule has 172 valence electrons.